The second-order valence-electron chi connectivity index (χ2n) is 13.8. The summed E-state index contributed by atoms with van der Waals surface area (Å²) in [6, 6.07) is 25.4. The van der Waals surface area contributed by atoms with Gasteiger partial charge in [-0.15, -0.1) is 0 Å². The van der Waals surface area contributed by atoms with Gasteiger partial charge in [0.1, 0.15) is 5.84 Å². The van der Waals surface area contributed by atoms with E-state index in [1.54, 1.807) is 18.2 Å². The van der Waals surface area contributed by atoms with Gasteiger partial charge >= 0.3 is 0 Å². The van der Waals surface area contributed by atoms with Crippen molar-refractivity contribution in [1.29, 1.82) is 0 Å². The van der Waals surface area contributed by atoms with Crippen LogP contribution in [-0.2, 0) is 0 Å². The summed E-state index contributed by atoms with van der Waals surface area (Å²) in [5.74, 6) is 0.983. The van der Waals surface area contributed by atoms with Crippen molar-refractivity contribution in [3.8, 4) is 5.69 Å². The summed E-state index contributed by atoms with van der Waals surface area (Å²) in [5, 5.41) is 13.6. The molecule has 270 valence electrons. The Kier molecular flexibility index (Phi) is 10.3. The Morgan fingerprint density at radius 1 is 0.945 bits per heavy atom. The van der Waals surface area contributed by atoms with Gasteiger partial charge in [-0.05, 0) is 102 Å². The molecule has 7 nitrogen and oxygen atoms in total. The molecule has 55 heavy (non-hydrogen) atoms. The van der Waals surface area contributed by atoms with E-state index < -0.39 is 0 Å². The molecule has 0 amide bonds. The summed E-state index contributed by atoms with van der Waals surface area (Å²) >= 11 is 0. The SMILES string of the molecule is C=C/C=C(\C=C)C(N)=NC(=NNC1=CC=CCC1)c1cccc(C2C=C(C3=CCCC(c4nn(-c5ccncc5)c5ccc6ccccc6c45)=C3)C=CC2)c1. The van der Waals surface area contributed by atoms with E-state index in [2.05, 4.69) is 119 Å². The molecule has 3 aromatic carbocycles. The number of amidine groups is 2. The van der Waals surface area contributed by atoms with E-state index in [0.29, 0.717) is 17.2 Å². The zero-order valence-corrected chi connectivity index (χ0v) is 30.8. The van der Waals surface area contributed by atoms with Crippen molar-refractivity contribution in [3.63, 3.8) is 0 Å². The van der Waals surface area contributed by atoms with Gasteiger partial charge in [0, 0.05) is 40.5 Å². The molecule has 2 aromatic heterocycles. The highest BCUT2D eigenvalue weighted by atomic mass is 15.3. The van der Waals surface area contributed by atoms with Crippen LogP contribution in [-0.4, -0.2) is 26.4 Å². The number of hydrogen-bond acceptors (Lipinski definition) is 4. The first kappa shape index (κ1) is 35.2. The molecule has 0 bridgehead atoms. The van der Waals surface area contributed by atoms with Gasteiger partial charge in [-0.2, -0.15) is 10.2 Å². The van der Waals surface area contributed by atoms with Gasteiger partial charge in [0.2, 0.25) is 0 Å². The Bertz CT molecular complexity index is 2580. The van der Waals surface area contributed by atoms with Crippen molar-refractivity contribution < 1.29 is 0 Å². The smallest absolute Gasteiger partial charge is 0.181 e. The third kappa shape index (κ3) is 7.50. The number of benzene rings is 3. The second kappa shape index (κ2) is 16.0. The molecule has 8 rings (SSSR count). The first-order chi connectivity index (χ1) is 27.1. The largest absolute Gasteiger partial charge is 0.383 e. The van der Waals surface area contributed by atoms with Crippen LogP contribution in [0.15, 0.2) is 198 Å². The zero-order valence-electron chi connectivity index (χ0n) is 30.8. The number of pyridine rings is 1. The standard InChI is InChI=1S/C48H43N7/c1-3-13-33(4-2)47(49)51-48(53-52-41-21-6-5-7-22-41)40-20-12-18-38(32-40)36-16-10-15-35(30-36)37-17-11-19-39(31-37)46-45-43-23-9-8-14-34(43)24-25-44(45)55(54-46)42-26-28-50-29-27-42/h3-6,8-10,12-15,17-18,20-21,23-32,36,52H,1-2,7,11,16,19,22H2,(H2,49,51,53)/b33-13+. The van der Waals surface area contributed by atoms with E-state index in [9.17, 15) is 0 Å². The van der Waals surface area contributed by atoms with E-state index in [-0.39, 0.29) is 5.92 Å². The lowest BCUT2D eigenvalue weighted by Gasteiger charge is -2.21. The highest BCUT2D eigenvalue weighted by Crippen LogP contribution is 2.39. The van der Waals surface area contributed by atoms with Gasteiger partial charge in [0.25, 0.3) is 0 Å². The maximum absolute atomic E-state index is 6.47. The maximum atomic E-state index is 6.47. The average molecular weight is 718 g/mol. The Morgan fingerprint density at radius 3 is 2.67 bits per heavy atom. The van der Waals surface area contributed by atoms with Crippen molar-refractivity contribution in [2.75, 3.05) is 0 Å². The van der Waals surface area contributed by atoms with Crippen LogP contribution in [0.4, 0.5) is 0 Å². The number of hydrazone groups is 1. The molecule has 1 atom stereocenters. The molecular weight excluding hydrogens is 675 g/mol. The summed E-state index contributed by atoms with van der Waals surface area (Å²) in [4.78, 5) is 9.04. The van der Waals surface area contributed by atoms with Crippen LogP contribution in [0, 0.1) is 0 Å². The number of nitrogens with two attached hydrogens (primary N) is 1. The molecule has 3 aliphatic rings. The predicted octanol–water partition coefficient (Wildman–Crippen LogP) is 10.5. The predicted molar refractivity (Wildman–Crippen MR) is 229 cm³/mol. The zero-order chi connectivity index (χ0) is 37.6. The number of rotatable bonds is 10. The van der Waals surface area contributed by atoms with Crippen LogP contribution < -0.4 is 11.2 Å². The highest BCUT2D eigenvalue weighted by Gasteiger charge is 2.22. The Balaban J connectivity index is 1.14. The summed E-state index contributed by atoms with van der Waals surface area (Å²) in [6.45, 7) is 7.71. The van der Waals surface area contributed by atoms with Crippen LogP contribution in [0.2, 0.25) is 0 Å². The minimum absolute atomic E-state index is 0.168. The molecule has 0 saturated heterocycles. The minimum Gasteiger partial charge on any atom is -0.383 e. The summed E-state index contributed by atoms with van der Waals surface area (Å²) in [7, 11) is 0. The first-order valence-electron chi connectivity index (χ1n) is 18.8. The molecule has 0 radical (unpaired) electrons. The fourth-order valence-corrected chi connectivity index (χ4v) is 7.44. The van der Waals surface area contributed by atoms with E-state index in [4.69, 9.17) is 20.9 Å². The Morgan fingerprint density at radius 2 is 1.84 bits per heavy atom. The molecule has 1 unspecified atom stereocenters. The van der Waals surface area contributed by atoms with Crippen molar-refractivity contribution in [1.82, 2.24) is 20.2 Å². The Labute approximate surface area is 322 Å². The van der Waals surface area contributed by atoms with E-state index >= 15 is 0 Å². The van der Waals surface area contributed by atoms with Gasteiger partial charge in [-0.1, -0.05) is 116 Å². The van der Waals surface area contributed by atoms with Crippen molar-refractivity contribution in [2.45, 2.75) is 38.0 Å². The normalized spacial score (nSPS) is 17.7. The van der Waals surface area contributed by atoms with Crippen LogP contribution in [0.1, 0.15) is 54.8 Å². The molecule has 5 aromatic rings. The minimum atomic E-state index is 0.168. The van der Waals surface area contributed by atoms with E-state index in [0.717, 1.165) is 60.3 Å². The number of aliphatic imine (C=N–C) groups is 1. The van der Waals surface area contributed by atoms with Crippen LogP contribution in [0.3, 0.4) is 0 Å². The van der Waals surface area contributed by atoms with E-state index in [1.807, 2.05) is 42.7 Å². The quantitative estimate of drug-likeness (QED) is 0.0651. The molecule has 3 N–H and O–H groups in total. The maximum Gasteiger partial charge on any atom is 0.181 e. The first-order valence-corrected chi connectivity index (χ1v) is 18.8. The van der Waals surface area contributed by atoms with Gasteiger partial charge < -0.3 is 5.73 Å². The number of nitrogens with zero attached hydrogens (tertiary/aromatic N) is 5. The lowest BCUT2D eigenvalue weighted by molar-refractivity contribution is 0.789. The lowest BCUT2D eigenvalue weighted by Crippen LogP contribution is -2.19. The number of nitrogens with one attached hydrogen (secondary N) is 1. The summed E-state index contributed by atoms with van der Waals surface area (Å²) in [5.41, 5.74) is 20.2. The molecule has 2 heterocycles. The molecule has 0 fully saturated rings. The second-order valence-corrected chi connectivity index (χ2v) is 13.8. The summed E-state index contributed by atoms with van der Waals surface area (Å²) < 4.78 is 2.06. The van der Waals surface area contributed by atoms with Gasteiger partial charge in [0.15, 0.2) is 5.84 Å². The van der Waals surface area contributed by atoms with Gasteiger partial charge in [0.05, 0.1) is 16.9 Å². The fraction of sp³-hybridized carbons (Fsp3) is 0.125. The van der Waals surface area contributed by atoms with E-state index in [1.165, 1.54) is 38.4 Å². The monoisotopic (exact) mass is 717 g/mol. The highest BCUT2D eigenvalue weighted by molar-refractivity contribution is 6.12. The van der Waals surface area contributed by atoms with Crippen LogP contribution >= 0.6 is 0 Å². The number of aromatic nitrogens is 3. The number of fused-ring (bicyclic) bond motifs is 3. The molecule has 7 heteroatoms. The van der Waals surface area contributed by atoms with Crippen LogP contribution in [0.5, 0.6) is 0 Å². The molecular formula is C48H43N7. The molecule has 3 aliphatic carbocycles. The fourth-order valence-electron chi connectivity index (χ4n) is 7.44. The van der Waals surface area contributed by atoms with Crippen molar-refractivity contribution >= 4 is 38.9 Å². The van der Waals surface area contributed by atoms with Gasteiger partial charge in [-0.25, -0.2) is 9.67 Å². The molecule has 0 spiro atoms. The lowest BCUT2D eigenvalue weighted by atomic mass is 9.84. The third-order valence-electron chi connectivity index (χ3n) is 10.2. The van der Waals surface area contributed by atoms with Gasteiger partial charge in [-0.3, -0.25) is 10.4 Å². The third-order valence-corrected chi connectivity index (χ3v) is 10.2. The topological polar surface area (TPSA) is 93.5 Å². The van der Waals surface area contributed by atoms with Crippen LogP contribution in [0.25, 0.3) is 32.9 Å². The number of hydrogen-bond donors (Lipinski definition) is 2. The van der Waals surface area contributed by atoms with Crippen molar-refractivity contribution in [3.05, 3.63) is 204 Å². The molecule has 0 saturated carbocycles. The summed E-state index contributed by atoms with van der Waals surface area (Å²) in [6.07, 6.45) is 31.2. The van der Waals surface area contributed by atoms with Crippen molar-refractivity contribution in [2.24, 2.45) is 15.8 Å². The Hall–Kier alpha value is -6.86. The molecule has 0 aliphatic heterocycles. The number of allylic oxidation sites excluding steroid dienone is 14. The average Bonchev–Trinajstić information content (AvgIpc) is 3.65.